The van der Waals surface area contributed by atoms with Crippen LogP contribution in [-0.2, 0) is 6.54 Å². The van der Waals surface area contributed by atoms with Crippen molar-refractivity contribution in [1.82, 2.24) is 25.1 Å². The number of aryl methyl sites for hydroxylation is 1. The van der Waals surface area contributed by atoms with Crippen LogP contribution in [0.15, 0.2) is 48.9 Å². The fraction of sp³-hybridized carbons (Fsp3) is 0.300. The monoisotopic (exact) mass is 431 g/mol. The van der Waals surface area contributed by atoms with E-state index in [1.165, 1.54) is 10.9 Å². The summed E-state index contributed by atoms with van der Waals surface area (Å²) in [5.74, 6) is 1.03. The fourth-order valence-electron chi connectivity index (χ4n) is 3.22. The number of hydrogen-bond acceptors (Lipinski definition) is 5. The zero-order valence-electron chi connectivity index (χ0n) is 16.4. The highest BCUT2D eigenvalue weighted by Crippen LogP contribution is 2.24. The fourth-order valence-corrected chi connectivity index (χ4v) is 3.22. The molecule has 3 aromatic rings. The molecule has 0 saturated carbocycles. The van der Waals surface area contributed by atoms with Gasteiger partial charge in [-0.05, 0) is 36.8 Å². The van der Waals surface area contributed by atoms with Crippen LogP contribution in [-0.4, -0.2) is 45.0 Å². The molecule has 8 nitrogen and oxygen atoms in total. The number of aromatic nitrogens is 4. The third-order valence-electron chi connectivity index (χ3n) is 4.70. The van der Waals surface area contributed by atoms with Crippen molar-refractivity contribution >= 4 is 23.2 Å². The van der Waals surface area contributed by atoms with Crippen LogP contribution in [0, 0.1) is 0 Å². The number of benzene rings is 1. The van der Waals surface area contributed by atoms with Gasteiger partial charge in [0.05, 0.1) is 11.9 Å². The minimum absolute atomic E-state index is 0.0304. The van der Waals surface area contributed by atoms with Crippen molar-refractivity contribution in [3.05, 3.63) is 48.9 Å². The molecule has 0 unspecified atom stereocenters. The Morgan fingerprint density at radius 1 is 1.16 bits per heavy atom. The van der Waals surface area contributed by atoms with Crippen molar-refractivity contribution in [2.24, 2.45) is 0 Å². The smallest absolute Gasteiger partial charge is 0.338 e. The molecule has 1 aliphatic heterocycles. The first-order valence-electron chi connectivity index (χ1n) is 9.72. The van der Waals surface area contributed by atoms with Gasteiger partial charge in [-0.1, -0.05) is 0 Å². The summed E-state index contributed by atoms with van der Waals surface area (Å²) in [4.78, 5) is 22.2. The van der Waals surface area contributed by atoms with Gasteiger partial charge in [0.15, 0.2) is 5.82 Å². The Balaban J connectivity index is 1.40. The Bertz CT molecular complexity index is 1050. The van der Waals surface area contributed by atoms with Gasteiger partial charge in [-0.15, -0.1) is 0 Å². The number of carbonyl (C=O) groups excluding carboxylic acids is 1. The molecule has 162 valence electrons. The van der Waals surface area contributed by atoms with Gasteiger partial charge in [-0.25, -0.2) is 14.8 Å². The lowest BCUT2D eigenvalue weighted by Gasteiger charge is -2.14. The van der Waals surface area contributed by atoms with Crippen LogP contribution in [0.25, 0.3) is 11.4 Å². The van der Waals surface area contributed by atoms with Gasteiger partial charge in [-0.2, -0.15) is 18.3 Å². The van der Waals surface area contributed by atoms with E-state index in [4.69, 9.17) is 0 Å². The third-order valence-corrected chi connectivity index (χ3v) is 4.70. The van der Waals surface area contributed by atoms with E-state index < -0.39 is 12.6 Å². The highest BCUT2D eigenvalue weighted by atomic mass is 19.4. The molecule has 3 heterocycles. The number of alkyl halides is 3. The number of rotatable bonds is 7. The molecule has 0 atom stereocenters. The molecule has 1 aromatic carbocycles. The average molecular weight is 431 g/mol. The molecule has 1 saturated heterocycles. The molecule has 0 bridgehead atoms. The van der Waals surface area contributed by atoms with Crippen molar-refractivity contribution in [3.63, 3.8) is 0 Å². The van der Waals surface area contributed by atoms with Gasteiger partial charge in [0.2, 0.25) is 0 Å². The predicted octanol–water partition coefficient (Wildman–Crippen LogP) is 3.96. The van der Waals surface area contributed by atoms with E-state index >= 15 is 0 Å². The van der Waals surface area contributed by atoms with E-state index in [1.807, 2.05) is 24.3 Å². The first-order chi connectivity index (χ1) is 14.9. The molecule has 0 aliphatic carbocycles. The summed E-state index contributed by atoms with van der Waals surface area (Å²) < 4.78 is 38.3. The van der Waals surface area contributed by atoms with Crippen molar-refractivity contribution in [1.29, 1.82) is 0 Å². The minimum Gasteiger partial charge on any atom is -0.338 e. The standard InChI is InChI=1S/C20H20F3N7O/c21-20(22,23)7-1-10-29-13-15(12-26-29)27-17-6-8-24-18(28-17)14-2-4-16(5-3-14)30-11-9-25-19(30)31/h2-6,8,12-13H,1,7,9-11H2,(H,25,31)(H,24,27,28). The largest absolute Gasteiger partial charge is 0.389 e. The van der Waals surface area contributed by atoms with Crippen molar-refractivity contribution in [3.8, 4) is 11.4 Å². The maximum Gasteiger partial charge on any atom is 0.389 e. The van der Waals surface area contributed by atoms with Crippen LogP contribution in [0.5, 0.6) is 0 Å². The summed E-state index contributed by atoms with van der Waals surface area (Å²) in [6, 6.07) is 8.95. The van der Waals surface area contributed by atoms with Gasteiger partial charge in [0.25, 0.3) is 0 Å². The molecule has 4 rings (SSSR count). The van der Waals surface area contributed by atoms with Crippen molar-refractivity contribution in [2.75, 3.05) is 23.3 Å². The lowest BCUT2D eigenvalue weighted by atomic mass is 10.2. The first-order valence-corrected chi connectivity index (χ1v) is 9.72. The van der Waals surface area contributed by atoms with E-state index in [-0.39, 0.29) is 19.0 Å². The molecule has 31 heavy (non-hydrogen) atoms. The molecule has 2 amide bonds. The number of anilines is 3. The van der Waals surface area contributed by atoms with E-state index in [9.17, 15) is 18.0 Å². The van der Waals surface area contributed by atoms with Gasteiger partial charge >= 0.3 is 12.2 Å². The van der Waals surface area contributed by atoms with Crippen molar-refractivity contribution < 1.29 is 18.0 Å². The zero-order chi connectivity index (χ0) is 21.8. The number of nitrogens with one attached hydrogen (secondary N) is 2. The molecule has 0 radical (unpaired) electrons. The maximum atomic E-state index is 12.3. The number of amides is 2. The summed E-state index contributed by atoms with van der Waals surface area (Å²) in [7, 11) is 0. The molecular weight excluding hydrogens is 411 g/mol. The Morgan fingerprint density at radius 3 is 2.68 bits per heavy atom. The van der Waals surface area contributed by atoms with Crippen LogP contribution in [0.1, 0.15) is 12.8 Å². The Hall–Kier alpha value is -3.63. The number of carbonyl (C=O) groups is 1. The lowest BCUT2D eigenvalue weighted by molar-refractivity contribution is -0.136. The Labute approximate surface area is 176 Å². The van der Waals surface area contributed by atoms with Crippen molar-refractivity contribution in [2.45, 2.75) is 25.6 Å². The normalized spacial score (nSPS) is 14.0. The second kappa shape index (κ2) is 8.62. The molecule has 11 heteroatoms. The van der Waals surface area contributed by atoms with E-state index in [0.29, 0.717) is 30.4 Å². The minimum atomic E-state index is -4.16. The Morgan fingerprint density at radius 2 is 1.97 bits per heavy atom. The summed E-state index contributed by atoms with van der Waals surface area (Å²) in [5.41, 5.74) is 2.20. The lowest BCUT2D eigenvalue weighted by Crippen LogP contribution is -2.27. The maximum absolute atomic E-state index is 12.3. The molecule has 2 aromatic heterocycles. The molecule has 1 aliphatic rings. The van der Waals surface area contributed by atoms with Crippen LogP contribution >= 0.6 is 0 Å². The number of halogens is 3. The van der Waals surface area contributed by atoms with E-state index in [2.05, 4.69) is 25.7 Å². The predicted molar refractivity (Wildman–Crippen MR) is 109 cm³/mol. The topological polar surface area (TPSA) is 88.0 Å². The quantitative estimate of drug-likeness (QED) is 0.591. The summed E-state index contributed by atoms with van der Waals surface area (Å²) in [6.45, 7) is 1.42. The summed E-state index contributed by atoms with van der Waals surface area (Å²) in [5, 5.41) is 9.92. The zero-order valence-corrected chi connectivity index (χ0v) is 16.4. The van der Waals surface area contributed by atoms with Gasteiger partial charge in [0, 0.05) is 49.7 Å². The number of hydrogen-bond donors (Lipinski definition) is 2. The molecule has 1 fully saturated rings. The second-order valence-corrected chi connectivity index (χ2v) is 7.03. The highest BCUT2D eigenvalue weighted by molar-refractivity contribution is 5.94. The van der Waals surface area contributed by atoms with Crippen LogP contribution < -0.4 is 15.5 Å². The third kappa shape index (κ3) is 5.30. The van der Waals surface area contributed by atoms with E-state index in [0.717, 1.165) is 11.3 Å². The number of nitrogens with zero attached hydrogens (tertiary/aromatic N) is 5. The SMILES string of the molecule is O=C1NCCN1c1ccc(-c2nccc(Nc3cnn(CCCC(F)(F)F)c3)n2)cc1. The number of urea groups is 1. The summed E-state index contributed by atoms with van der Waals surface area (Å²) in [6.07, 6.45) is -0.256. The van der Waals surface area contributed by atoms with Crippen LogP contribution in [0.3, 0.4) is 0 Å². The van der Waals surface area contributed by atoms with Gasteiger partial charge < -0.3 is 10.6 Å². The summed E-state index contributed by atoms with van der Waals surface area (Å²) >= 11 is 0. The average Bonchev–Trinajstić information content (AvgIpc) is 3.36. The van der Waals surface area contributed by atoms with Gasteiger partial charge in [-0.3, -0.25) is 9.58 Å². The second-order valence-electron chi connectivity index (χ2n) is 7.03. The molecular formula is C20H20F3N7O. The molecule has 2 N–H and O–H groups in total. The Kier molecular flexibility index (Phi) is 5.74. The molecule has 0 spiro atoms. The first kappa shape index (κ1) is 20.6. The van der Waals surface area contributed by atoms with E-state index in [1.54, 1.807) is 23.4 Å². The van der Waals surface area contributed by atoms with Crippen LogP contribution in [0.4, 0.5) is 35.2 Å². The highest BCUT2D eigenvalue weighted by Gasteiger charge is 2.26. The van der Waals surface area contributed by atoms with Gasteiger partial charge in [0.1, 0.15) is 5.82 Å². The van der Waals surface area contributed by atoms with Crippen LogP contribution in [0.2, 0.25) is 0 Å².